The van der Waals surface area contributed by atoms with Crippen LogP contribution in [0.1, 0.15) is 5.69 Å². The van der Waals surface area contributed by atoms with E-state index >= 15 is 0 Å². The van der Waals surface area contributed by atoms with E-state index in [1.54, 1.807) is 18.3 Å². The van der Waals surface area contributed by atoms with Crippen molar-refractivity contribution in [3.05, 3.63) is 77.6 Å². The smallest absolute Gasteiger partial charge is 0.260 e. The minimum absolute atomic E-state index is 0.206. The van der Waals surface area contributed by atoms with Crippen molar-refractivity contribution in [1.82, 2.24) is 4.98 Å². The minimum Gasteiger partial charge on any atom is -0.260 e. The Balaban J connectivity index is 1.89. The number of fused-ring (bicyclic) bond motifs is 3. The number of halogens is 1. The molecular formula is C18H13ClN2O2S. The highest BCUT2D eigenvalue weighted by atomic mass is 35.5. The number of benzene rings is 2. The summed E-state index contributed by atoms with van der Waals surface area (Å²) in [5.74, 6) is 0. The molecule has 2 heterocycles. The van der Waals surface area contributed by atoms with Crippen molar-refractivity contribution >= 4 is 27.3 Å². The van der Waals surface area contributed by atoms with Crippen LogP contribution in [0.15, 0.2) is 71.8 Å². The van der Waals surface area contributed by atoms with Crippen LogP contribution in [-0.4, -0.2) is 13.4 Å². The molecule has 1 aromatic heterocycles. The van der Waals surface area contributed by atoms with E-state index in [2.05, 4.69) is 4.98 Å². The topological polar surface area (TPSA) is 50.3 Å². The maximum Gasteiger partial charge on any atom is 0.264 e. The van der Waals surface area contributed by atoms with E-state index in [0.29, 0.717) is 10.7 Å². The summed E-state index contributed by atoms with van der Waals surface area (Å²) in [5.41, 5.74) is 3.24. The number of rotatable bonds is 2. The van der Waals surface area contributed by atoms with Crippen molar-refractivity contribution in [3.8, 4) is 11.1 Å². The Morgan fingerprint density at radius 3 is 2.42 bits per heavy atom. The SMILES string of the molecule is O=S(=O)(c1ccc(Cl)cc1)N1Cc2ncccc2-c2ccccc21. The van der Waals surface area contributed by atoms with Gasteiger partial charge in [-0.15, -0.1) is 0 Å². The second-order valence-corrected chi connectivity index (χ2v) is 7.78. The molecule has 1 aliphatic heterocycles. The van der Waals surface area contributed by atoms with E-state index in [-0.39, 0.29) is 11.4 Å². The lowest BCUT2D eigenvalue weighted by Crippen LogP contribution is -2.33. The zero-order valence-electron chi connectivity index (χ0n) is 12.6. The summed E-state index contributed by atoms with van der Waals surface area (Å²) in [5, 5.41) is 0.500. The van der Waals surface area contributed by atoms with Gasteiger partial charge in [-0.25, -0.2) is 8.42 Å². The molecule has 120 valence electrons. The molecule has 0 radical (unpaired) electrons. The molecule has 2 aromatic carbocycles. The third-order valence-electron chi connectivity index (χ3n) is 4.05. The van der Waals surface area contributed by atoms with Gasteiger partial charge in [0.25, 0.3) is 10.0 Å². The molecule has 4 nitrogen and oxygen atoms in total. The highest BCUT2D eigenvalue weighted by Crippen LogP contribution is 2.40. The van der Waals surface area contributed by atoms with Gasteiger partial charge < -0.3 is 0 Å². The van der Waals surface area contributed by atoms with Gasteiger partial charge in [0.1, 0.15) is 0 Å². The van der Waals surface area contributed by atoms with Crippen LogP contribution in [0.3, 0.4) is 0 Å². The van der Waals surface area contributed by atoms with Gasteiger partial charge in [-0.1, -0.05) is 35.9 Å². The van der Waals surface area contributed by atoms with Crippen molar-refractivity contribution in [2.24, 2.45) is 0 Å². The Morgan fingerprint density at radius 2 is 1.62 bits per heavy atom. The lowest BCUT2D eigenvalue weighted by atomic mass is 9.99. The predicted octanol–water partition coefficient (Wildman–Crippen LogP) is 4.11. The van der Waals surface area contributed by atoms with Crippen LogP contribution in [0.5, 0.6) is 0 Å². The number of anilines is 1. The summed E-state index contributed by atoms with van der Waals surface area (Å²) in [6.07, 6.45) is 1.68. The van der Waals surface area contributed by atoms with E-state index in [4.69, 9.17) is 11.6 Å². The Hall–Kier alpha value is -2.37. The lowest BCUT2D eigenvalue weighted by Gasteiger charge is -2.31. The minimum atomic E-state index is -3.70. The Morgan fingerprint density at radius 1 is 0.917 bits per heavy atom. The van der Waals surface area contributed by atoms with Gasteiger partial charge in [0.2, 0.25) is 0 Å². The van der Waals surface area contributed by atoms with Crippen LogP contribution < -0.4 is 4.31 Å². The van der Waals surface area contributed by atoms with Crippen LogP contribution in [0, 0.1) is 0 Å². The Kier molecular flexibility index (Phi) is 3.55. The molecule has 0 saturated heterocycles. The monoisotopic (exact) mass is 356 g/mol. The van der Waals surface area contributed by atoms with Crippen LogP contribution in [0.4, 0.5) is 5.69 Å². The first-order chi connectivity index (χ1) is 11.6. The Bertz CT molecular complexity index is 1020. The van der Waals surface area contributed by atoms with Crippen LogP contribution >= 0.6 is 11.6 Å². The number of pyridine rings is 1. The second-order valence-electron chi connectivity index (χ2n) is 5.48. The van der Waals surface area contributed by atoms with E-state index in [0.717, 1.165) is 16.8 Å². The summed E-state index contributed by atoms with van der Waals surface area (Å²) < 4.78 is 27.7. The van der Waals surface area contributed by atoms with Crippen molar-refractivity contribution in [1.29, 1.82) is 0 Å². The average Bonchev–Trinajstić information content (AvgIpc) is 2.61. The summed E-state index contributed by atoms with van der Waals surface area (Å²) >= 11 is 5.88. The number of para-hydroxylation sites is 1. The van der Waals surface area contributed by atoms with E-state index in [9.17, 15) is 8.42 Å². The van der Waals surface area contributed by atoms with Crippen molar-refractivity contribution in [3.63, 3.8) is 0 Å². The molecule has 3 aromatic rings. The number of aromatic nitrogens is 1. The lowest BCUT2D eigenvalue weighted by molar-refractivity contribution is 0.589. The molecule has 0 fully saturated rings. The highest BCUT2D eigenvalue weighted by molar-refractivity contribution is 7.92. The first kappa shape index (κ1) is 15.2. The fourth-order valence-electron chi connectivity index (χ4n) is 2.90. The molecule has 0 atom stereocenters. The average molecular weight is 357 g/mol. The molecule has 0 amide bonds. The third kappa shape index (κ3) is 2.37. The van der Waals surface area contributed by atoms with Crippen molar-refractivity contribution < 1.29 is 8.42 Å². The molecule has 0 saturated carbocycles. The first-order valence-corrected chi connectivity index (χ1v) is 9.21. The van der Waals surface area contributed by atoms with Crippen LogP contribution in [-0.2, 0) is 16.6 Å². The van der Waals surface area contributed by atoms with Gasteiger partial charge in [0.15, 0.2) is 0 Å². The maximum atomic E-state index is 13.1. The van der Waals surface area contributed by atoms with Gasteiger partial charge in [-0.05, 0) is 36.4 Å². The molecule has 0 aliphatic carbocycles. The van der Waals surface area contributed by atoms with E-state index in [1.807, 2.05) is 36.4 Å². The summed E-state index contributed by atoms with van der Waals surface area (Å²) in [6, 6.07) is 17.5. The summed E-state index contributed by atoms with van der Waals surface area (Å²) in [4.78, 5) is 4.57. The summed E-state index contributed by atoms with van der Waals surface area (Å²) in [7, 11) is -3.70. The van der Waals surface area contributed by atoms with E-state index < -0.39 is 10.0 Å². The van der Waals surface area contributed by atoms with Gasteiger partial charge in [0.05, 0.1) is 22.8 Å². The predicted molar refractivity (Wildman–Crippen MR) is 94.5 cm³/mol. The van der Waals surface area contributed by atoms with Gasteiger partial charge >= 0.3 is 0 Å². The van der Waals surface area contributed by atoms with Gasteiger partial charge in [-0.2, -0.15) is 0 Å². The molecular weight excluding hydrogens is 344 g/mol. The fraction of sp³-hybridized carbons (Fsp3) is 0.0556. The molecule has 1 aliphatic rings. The number of sulfonamides is 1. The van der Waals surface area contributed by atoms with Crippen LogP contribution in [0.2, 0.25) is 5.02 Å². The van der Waals surface area contributed by atoms with Gasteiger partial charge in [-0.3, -0.25) is 9.29 Å². The largest absolute Gasteiger partial charge is 0.264 e. The second kappa shape index (κ2) is 5.61. The number of hydrogen-bond donors (Lipinski definition) is 0. The first-order valence-electron chi connectivity index (χ1n) is 7.39. The molecule has 0 N–H and O–H groups in total. The fourth-order valence-corrected chi connectivity index (χ4v) is 4.47. The van der Waals surface area contributed by atoms with Gasteiger partial charge in [0, 0.05) is 22.3 Å². The highest BCUT2D eigenvalue weighted by Gasteiger charge is 2.31. The zero-order chi connectivity index (χ0) is 16.7. The molecule has 6 heteroatoms. The Labute approximate surface area is 145 Å². The molecule has 0 spiro atoms. The molecule has 4 rings (SSSR count). The van der Waals surface area contributed by atoms with Crippen molar-refractivity contribution in [2.75, 3.05) is 4.31 Å². The normalized spacial score (nSPS) is 13.3. The summed E-state index contributed by atoms with van der Waals surface area (Å²) in [6.45, 7) is 0.206. The quantitative estimate of drug-likeness (QED) is 0.694. The standard InChI is InChI=1S/C18H13ClN2O2S/c19-13-7-9-14(10-8-13)24(22,23)21-12-17-15(5-3-11-20-17)16-4-1-2-6-18(16)21/h1-11H,12H2. The maximum absolute atomic E-state index is 13.1. The van der Waals surface area contributed by atoms with Crippen molar-refractivity contribution in [2.45, 2.75) is 11.4 Å². The van der Waals surface area contributed by atoms with Crippen LogP contribution in [0.25, 0.3) is 11.1 Å². The van der Waals surface area contributed by atoms with E-state index in [1.165, 1.54) is 16.4 Å². The molecule has 0 bridgehead atoms. The number of nitrogens with zero attached hydrogens (tertiary/aromatic N) is 2. The molecule has 24 heavy (non-hydrogen) atoms. The molecule has 0 unspecified atom stereocenters. The number of hydrogen-bond acceptors (Lipinski definition) is 3. The third-order valence-corrected chi connectivity index (χ3v) is 6.07. The zero-order valence-corrected chi connectivity index (χ0v) is 14.1.